The van der Waals surface area contributed by atoms with Gasteiger partial charge in [-0.2, -0.15) is 0 Å². The lowest BCUT2D eigenvalue weighted by Gasteiger charge is -2.32. The van der Waals surface area contributed by atoms with Crippen molar-refractivity contribution in [3.05, 3.63) is 95.8 Å². The maximum Gasteiger partial charge on any atom is 0.227 e. The minimum atomic E-state index is -2.56. The summed E-state index contributed by atoms with van der Waals surface area (Å²) >= 11 is 0. The van der Waals surface area contributed by atoms with E-state index in [0.29, 0.717) is 34.5 Å². The molecule has 12 heteroatoms. The number of hydrogen-bond acceptors (Lipinski definition) is 12. The van der Waals surface area contributed by atoms with E-state index in [1.807, 2.05) is 81.7 Å². The molecule has 2 aliphatic heterocycles. The van der Waals surface area contributed by atoms with Crippen LogP contribution in [0.2, 0.25) is 0 Å². The highest BCUT2D eigenvalue weighted by Crippen LogP contribution is 2.48. The number of rotatable bonds is 4. The first kappa shape index (κ1) is 30.0. The standard InChI is InChI=1S/2C22H23N5O/c2*1-12(2)26-15(5)27(21-20(26)23-10-11-24-21)18-13(3)6-8-16-17-9-7-14(4)25-22(17)28-19(16)18/h2*6-12,15H,1-5H3/i1D3,12D;12D. The molecule has 2 aliphatic rings. The molecule has 0 spiro atoms. The van der Waals surface area contributed by atoms with Gasteiger partial charge in [0.15, 0.2) is 34.4 Å². The average molecular weight is 752 g/mol. The number of hydrogen-bond donors (Lipinski definition) is 0. The summed E-state index contributed by atoms with van der Waals surface area (Å²) in [7, 11) is 0. The van der Waals surface area contributed by atoms with Crippen LogP contribution in [0, 0.1) is 27.7 Å². The van der Waals surface area contributed by atoms with Crippen LogP contribution in [0.5, 0.6) is 0 Å². The zero-order valence-electron chi connectivity index (χ0n) is 37.9. The fourth-order valence-electron chi connectivity index (χ4n) is 8.27. The van der Waals surface area contributed by atoms with Gasteiger partial charge in [0.1, 0.15) is 12.3 Å². The van der Waals surface area contributed by atoms with Gasteiger partial charge < -0.3 is 18.6 Å². The van der Waals surface area contributed by atoms with E-state index < -0.39 is 25.1 Å². The Labute approximate surface area is 332 Å². The predicted octanol–water partition coefficient (Wildman–Crippen LogP) is 10.2. The van der Waals surface area contributed by atoms with E-state index in [0.717, 1.165) is 66.8 Å². The predicted molar refractivity (Wildman–Crippen MR) is 224 cm³/mol. The molecular weight excluding hydrogens is 701 g/mol. The SMILES string of the molecule is [2H]C(C)(C)N1c2nccnc2N(c2c(C)ccc3c2oc2nc(C)ccc23)C1C.[2H]C([2H])([2H])C([2H])(C)N1c2nccnc2N(c2c(C)ccc3c2oc2nc(C)ccc23)C1C. The van der Waals surface area contributed by atoms with E-state index in [1.54, 1.807) is 18.6 Å². The van der Waals surface area contributed by atoms with E-state index in [1.165, 1.54) is 18.0 Å². The van der Waals surface area contributed by atoms with Crippen LogP contribution >= 0.6 is 0 Å². The highest BCUT2D eigenvalue weighted by molar-refractivity contribution is 6.11. The van der Waals surface area contributed by atoms with Crippen LogP contribution in [-0.4, -0.2) is 54.3 Å². The van der Waals surface area contributed by atoms with E-state index in [9.17, 15) is 0 Å². The molecule has 3 atom stereocenters. The third kappa shape index (κ3) is 5.33. The zero-order chi connectivity index (χ0) is 43.5. The molecule has 8 heterocycles. The molecule has 0 amide bonds. The van der Waals surface area contributed by atoms with E-state index in [2.05, 4.69) is 66.9 Å². The Balaban J connectivity index is 0.000000157. The molecule has 284 valence electrons. The summed E-state index contributed by atoms with van der Waals surface area (Å²) in [5.74, 6) is 2.29. The van der Waals surface area contributed by atoms with Crippen LogP contribution < -0.4 is 19.6 Å². The van der Waals surface area contributed by atoms with Gasteiger partial charge in [-0.25, -0.2) is 29.9 Å². The number of nitrogens with zero attached hydrogens (tertiary/aromatic N) is 10. The molecule has 0 N–H and O–H groups in total. The van der Waals surface area contributed by atoms with Crippen molar-refractivity contribution in [1.82, 2.24) is 29.9 Å². The van der Waals surface area contributed by atoms with Gasteiger partial charge in [-0.05, 0) is 105 Å². The molecule has 2 aromatic carbocycles. The summed E-state index contributed by atoms with van der Waals surface area (Å²) < 4.78 is 53.9. The van der Waals surface area contributed by atoms with Crippen molar-refractivity contribution in [2.24, 2.45) is 0 Å². The molecular formula is C44H46N10O2. The average Bonchev–Trinajstić information content (AvgIpc) is 3.91. The third-order valence-corrected chi connectivity index (χ3v) is 10.7. The first-order valence-corrected chi connectivity index (χ1v) is 18.7. The van der Waals surface area contributed by atoms with Gasteiger partial charge in [0.05, 0.1) is 14.1 Å². The fourth-order valence-corrected chi connectivity index (χ4v) is 8.27. The Bertz CT molecular complexity index is 3030. The van der Waals surface area contributed by atoms with Crippen molar-refractivity contribution in [3.8, 4) is 0 Å². The van der Waals surface area contributed by atoms with Crippen LogP contribution in [0.4, 0.5) is 34.6 Å². The largest absolute Gasteiger partial charge is 0.435 e. The summed E-state index contributed by atoms with van der Waals surface area (Å²) in [6.07, 6.45) is 5.76. The summed E-state index contributed by atoms with van der Waals surface area (Å²) in [6.45, 7) is 14.4. The molecule has 8 aromatic rings. The summed E-state index contributed by atoms with van der Waals surface area (Å²) in [4.78, 5) is 34.8. The lowest BCUT2D eigenvalue weighted by Crippen LogP contribution is -2.42. The summed E-state index contributed by atoms with van der Waals surface area (Å²) in [6, 6.07) is 13.4. The van der Waals surface area contributed by atoms with Crippen LogP contribution in [0.25, 0.3) is 44.1 Å². The lowest BCUT2D eigenvalue weighted by molar-refractivity contribution is 0.597. The summed E-state index contributed by atoms with van der Waals surface area (Å²) in [5, 5.41) is 3.83. The number of pyridine rings is 2. The second-order valence-corrected chi connectivity index (χ2v) is 14.7. The number of aryl methyl sites for hydroxylation is 4. The molecule has 3 unspecified atom stereocenters. The monoisotopic (exact) mass is 751 g/mol. The molecule has 6 aromatic heterocycles. The van der Waals surface area contributed by atoms with Gasteiger partial charge in [-0.1, -0.05) is 24.3 Å². The smallest absolute Gasteiger partial charge is 0.227 e. The zero-order valence-corrected chi connectivity index (χ0v) is 32.9. The van der Waals surface area contributed by atoms with Crippen LogP contribution in [0.1, 0.15) is 70.8 Å². The maximum absolute atomic E-state index is 8.75. The fraction of sp³-hybridized carbons (Fsp3) is 0.318. The van der Waals surface area contributed by atoms with Crippen molar-refractivity contribution < 1.29 is 15.7 Å². The first-order valence-electron chi connectivity index (χ1n) is 21.2. The molecule has 0 saturated carbocycles. The van der Waals surface area contributed by atoms with E-state index >= 15 is 0 Å². The highest BCUT2D eigenvalue weighted by Gasteiger charge is 2.41. The summed E-state index contributed by atoms with van der Waals surface area (Å²) in [5.41, 5.74) is 8.08. The Morgan fingerprint density at radius 1 is 0.554 bits per heavy atom. The topological polar surface area (TPSA) is 117 Å². The molecule has 0 aliphatic carbocycles. The van der Waals surface area contributed by atoms with Gasteiger partial charge in [0.2, 0.25) is 11.4 Å². The minimum absolute atomic E-state index is 0.146. The lowest BCUT2D eigenvalue weighted by atomic mass is 10.1. The Kier molecular flexibility index (Phi) is 7.06. The van der Waals surface area contributed by atoms with Crippen molar-refractivity contribution in [3.63, 3.8) is 0 Å². The van der Waals surface area contributed by atoms with Gasteiger partial charge in [0, 0.05) is 73.9 Å². The van der Waals surface area contributed by atoms with Gasteiger partial charge >= 0.3 is 0 Å². The molecule has 0 radical (unpaired) electrons. The van der Waals surface area contributed by atoms with Crippen molar-refractivity contribution >= 4 is 78.8 Å². The highest BCUT2D eigenvalue weighted by atomic mass is 16.3. The van der Waals surface area contributed by atoms with Gasteiger partial charge in [0.25, 0.3) is 0 Å². The number of aromatic nitrogens is 6. The first-order chi connectivity index (χ1) is 28.8. The molecule has 0 fully saturated rings. The number of benzene rings is 2. The Morgan fingerprint density at radius 3 is 1.36 bits per heavy atom. The number of fused-ring (bicyclic) bond motifs is 8. The molecule has 56 heavy (non-hydrogen) atoms. The van der Waals surface area contributed by atoms with E-state index in [-0.39, 0.29) is 6.17 Å². The molecule has 10 rings (SSSR count). The maximum atomic E-state index is 8.75. The van der Waals surface area contributed by atoms with Crippen molar-refractivity contribution in [2.75, 3.05) is 19.6 Å². The van der Waals surface area contributed by atoms with Crippen LogP contribution in [0.3, 0.4) is 0 Å². The quantitative estimate of drug-likeness (QED) is 0.170. The molecule has 0 saturated heterocycles. The Morgan fingerprint density at radius 2 is 0.946 bits per heavy atom. The normalized spacial score (nSPS) is 19.3. The molecule has 0 bridgehead atoms. The van der Waals surface area contributed by atoms with Crippen molar-refractivity contribution in [1.29, 1.82) is 0 Å². The number of furan rings is 2. The van der Waals surface area contributed by atoms with Crippen molar-refractivity contribution in [2.45, 2.75) is 93.5 Å². The Hall–Kier alpha value is -6.30. The number of anilines is 6. The van der Waals surface area contributed by atoms with Crippen LogP contribution in [-0.2, 0) is 0 Å². The van der Waals surface area contributed by atoms with E-state index in [4.69, 9.17) is 15.7 Å². The third-order valence-electron chi connectivity index (χ3n) is 10.7. The van der Waals surface area contributed by atoms with Gasteiger partial charge in [-0.15, -0.1) is 0 Å². The minimum Gasteiger partial charge on any atom is -0.435 e. The van der Waals surface area contributed by atoms with Gasteiger partial charge in [-0.3, -0.25) is 9.80 Å². The second kappa shape index (κ2) is 13.2. The molecule has 12 nitrogen and oxygen atoms in total. The second-order valence-electron chi connectivity index (χ2n) is 14.7. The van der Waals surface area contributed by atoms with Crippen LogP contribution in [0.15, 0.2) is 82.2 Å².